The highest BCUT2D eigenvalue weighted by Gasteiger charge is 2.62. The van der Waals surface area contributed by atoms with Gasteiger partial charge in [0.1, 0.15) is 0 Å². The number of nitrogens with one attached hydrogen (secondary N) is 1. The topological polar surface area (TPSA) is 78.9 Å². The van der Waals surface area contributed by atoms with Gasteiger partial charge in [-0.1, -0.05) is 61.4 Å². The molecule has 2 N–H and O–H groups in total. The van der Waals surface area contributed by atoms with Crippen molar-refractivity contribution in [2.75, 3.05) is 19.7 Å². The number of aliphatic hydroxyl groups is 1. The average molecular weight is 479 g/mol. The van der Waals surface area contributed by atoms with Crippen LogP contribution >= 0.6 is 0 Å². The zero-order valence-electron chi connectivity index (χ0n) is 18.8. The molecule has 1 aliphatic rings. The number of benzene rings is 2. The van der Waals surface area contributed by atoms with Gasteiger partial charge in [0.15, 0.2) is 0 Å². The van der Waals surface area contributed by atoms with Gasteiger partial charge < -0.3 is 10.0 Å². The maximum Gasteiger partial charge on any atom is 0.430 e. The van der Waals surface area contributed by atoms with Crippen LogP contribution < -0.4 is 5.48 Å². The molecular weight excluding hydrogens is 449 g/mol. The molecule has 2 amide bonds. The van der Waals surface area contributed by atoms with Crippen molar-refractivity contribution in [3.05, 3.63) is 71.8 Å². The van der Waals surface area contributed by atoms with Crippen LogP contribution in [-0.4, -0.2) is 47.7 Å². The van der Waals surface area contributed by atoms with E-state index in [9.17, 15) is 27.9 Å². The zero-order valence-corrected chi connectivity index (χ0v) is 18.8. The van der Waals surface area contributed by atoms with Crippen LogP contribution in [0.15, 0.2) is 60.7 Å². The Morgan fingerprint density at radius 2 is 1.56 bits per heavy atom. The Morgan fingerprint density at radius 3 is 2.15 bits per heavy atom. The molecule has 1 atom stereocenters. The molecule has 0 radical (unpaired) electrons. The molecule has 0 spiro atoms. The second kappa shape index (κ2) is 11.5. The second-order valence-corrected chi connectivity index (χ2v) is 8.45. The number of amides is 2. The Hall–Kier alpha value is -2.91. The Balaban J connectivity index is 1.40. The van der Waals surface area contributed by atoms with Gasteiger partial charge in [-0.3, -0.25) is 14.4 Å². The largest absolute Gasteiger partial charge is 0.430 e. The van der Waals surface area contributed by atoms with Gasteiger partial charge in [0.25, 0.3) is 17.4 Å². The van der Waals surface area contributed by atoms with E-state index in [2.05, 4.69) is 5.48 Å². The monoisotopic (exact) mass is 478 g/mol. The number of unbranched alkanes of at least 4 members (excludes halogenated alkanes) is 1. The third kappa shape index (κ3) is 6.15. The van der Waals surface area contributed by atoms with Gasteiger partial charge in [0.05, 0.1) is 6.61 Å². The first kappa shape index (κ1) is 25.7. The minimum Gasteiger partial charge on any atom is -0.369 e. The minimum atomic E-state index is -5.13. The molecular formula is C25H29F3N2O4. The number of hydroxylamine groups is 1. The van der Waals surface area contributed by atoms with Crippen molar-refractivity contribution in [2.24, 2.45) is 5.92 Å². The van der Waals surface area contributed by atoms with Crippen LogP contribution in [0.25, 0.3) is 0 Å². The summed E-state index contributed by atoms with van der Waals surface area (Å²) in [4.78, 5) is 31.0. The fourth-order valence-corrected chi connectivity index (χ4v) is 4.11. The maximum atomic E-state index is 13.8. The third-order valence-corrected chi connectivity index (χ3v) is 6.12. The lowest BCUT2D eigenvalue weighted by Gasteiger charge is -2.38. The number of piperidine rings is 1. The second-order valence-electron chi connectivity index (χ2n) is 8.45. The number of nitrogens with zero attached hydrogens (tertiary/aromatic N) is 1. The molecule has 9 heteroatoms. The number of halogens is 3. The van der Waals surface area contributed by atoms with Gasteiger partial charge in [-0.15, -0.1) is 0 Å². The summed E-state index contributed by atoms with van der Waals surface area (Å²) >= 11 is 0. The van der Waals surface area contributed by atoms with E-state index in [4.69, 9.17) is 4.84 Å². The van der Waals surface area contributed by atoms with E-state index in [1.54, 1.807) is 24.3 Å². The molecule has 1 saturated heterocycles. The molecule has 2 aromatic rings. The number of hydrogen-bond donors (Lipinski definition) is 2. The van der Waals surface area contributed by atoms with Gasteiger partial charge in [-0.25, -0.2) is 5.48 Å². The van der Waals surface area contributed by atoms with Crippen LogP contribution in [0, 0.1) is 5.92 Å². The van der Waals surface area contributed by atoms with E-state index in [1.165, 1.54) is 18.2 Å². The molecule has 1 heterocycles. The fraction of sp³-hybridized carbons (Fsp3) is 0.440. The highest BCUT2D eigenvalue weighted by Crippen LogP contribution is 2.41. The molecule has 0 aromatic heterocycles. The first-order valence-corrected chi connectivity index (χ1v) is 11.3. The molecule has 0 saturated carbocycles. The first-order valence-electron chi connectivity index (χ1n) is 11.3. The summed E-state index contributed by atoms with van der Waals surface area (Å²) in [5.41, 5.74) is -1.13. The van der Waals surface area contributed by atoms with Crippen LogP contribution in [0.2, 0.25) is 0 Å². The van der Waals surface area contributed by atoms with E-state index in [1.807, 2.05) is 6.07 Å². The van der Waals surface area contributed by atoms with Crippen molar-refractivity contribution in [3.8, 4) is 0 Å². The Bertz CT molecular complexity index is 932. The lowest BCUT2D eigenvalue weighted by molar-refractivity contribution is -0.262. The summed E-state index contributed by atoms with van der Waals surface area (Å²) in [6.07, 6.45) is -1.59. The lowest BCUT2D eigenvalue weighted by atomic mass is 9.88. The number of alkyl halides is 3. The average Bonchev–Trinajstić information content (AvgIpc) is 2.85. The highest BCUT2D eigenvalue weighted by molar-refractivity contribution is 5.93. The zero-order chi connectivity index (χ0) is 24.6. The normalized spacial score (nSPS) is 16.6. The molecule has 1 unspecified atom stereocenters. The Kier molecular flexibility index (Phi) is 8.68. The van der Waals surface area contributed by atoms with Crippen LogP contribution in [0.5, 0.6) is 0 Å². The lowest BCUT2D eigenvalue weighted by Crippen LogP contribution is -2.57. The SMILES string of the molecule is O=C(NOCCCCC1CCN(C(=O)C(O)(c2ccccc2)C(F)(F)F)CC1)c1ccccc1. The molecule has 1 fully saturated rings. The number of rotatable bonds is 9. The molecule has 0 bridgehead atoms. The van der Waals surface area contributed by atoms with Gasteiger partial charge in [-0.2, -0.15) is 13.2 Å². The molecule has 1 aliphatic heterocycles. The molecule has 3 rings (SSSR count). The number of carbonyl (C=O) groups excluding carboxylic acids is 2. The summed E-state index contributed by atoms with van der Waals surface area (Å²) in [7, 11) is 0. The standard InChI is InChI=1S/C25H29F3N2O4/c26-25(27,28)24(33,21-12-5-2-6-13-21)23(32)30-16-14-19(15-17-30)9-7-8-18-34-29-22(31)20-10-3-1-4-11-20/h1-6,10-13,19,33H,7-9,14-18H2,(H,29,31). The molecule has 2 aromatic carbocycles. The third-order valence-electron chi connectivity index (χ3n) is 6.12. The van der Waals surface area contributed by atoms with Gasteiger partial charge in [0, 0.05) is 24.2 Å². The smallest absolute Gasteiger partial charge is 0.369 e. The number of likely N-dealkylation sites (tertiary alicyclic amines) is 1. The van der Waals surface area contributed by atoms with Gasteiger partial charge >= 0.3 is 6.18 Å². The van der Waals surface area contributed by atoms with Crippen LogP contribution in [0.3, 0.4) is 0 Å². The summed E-state index contributed by atoms with van der Waals surface area (Å²) in [5, 5.41) is 10.5. The van der Waals surface area contributed by atoms with E-state index >= 15 is 0 Å². The summed E-state index contributed by atoms with van der Waals surface area (Å²) in [6, 6.07) is 15.2. The van der Waals surface area contributed by atoms with Gasteiger partial charge in [-0.05, 0) is 37.3 Å². The number of hydrogen-bond acceptors (Lipinski definition) is 4. The molecule has 0 aliphatic carbocycles. The van der Waals surface area contributed by atoms with Crippen molar-refractivity contribution >= 4 is 11.8 Å². The van der Waals surface area contributed by atoms with Crippen molar-refractivity contribution < 1.29 is 32.7 Å². The van der Waals surface area contributed by atoms with Crippen molar-refractivity contribution in [3.63, 3.8) is 0 Å². The predicted molar refractivity (Wildman–Crippen MR) is 119 cm³/mol. The Labute approximate surface area is 196 Å². The molecule has 6 nitrogen and oxygen atoms in total. The minimum absolute atomic E-state index is 0.165. The van der Waals surface area contributed by atoms with E-state index in [0.717, 1.165) is 36.3 Å². The van der Waals surface area contributed by atoms with Gasteiger partial charge in [0.2, 0.25) is 0 Å². The first-order chi connectivity index (χ1) is 16.2. The quantitative estimate of drug-likeness (QED) is 0.418. The van der Waals surface area contributed by atoms with E-state index in [0.29, 0.717) is 25.0 Å². The summed E-state index contributed by atoms with van der Waals surface area (Å²) in [6.45, 7) is 0.683. The van der Waals surface area contributed by atoms with E-state index < -0.39 is 23.2 Å². The highest BCUT2D eigenvalue weighted by atomic mass is 19.4. The summed E-state index contributed by atoms with van der Waals surface area (Å²) in [5.74, 6) is -1.36. The van der Waals surface area contributed by atoms with Crippen molar-refractivity contribution in [2.45, 2.75) is 43.9 Å². The van der Waals surface area contributed by atoms with Crippen LogP contribution in [-0.2, 0) is 15.2 Å². The molecule has 34 heavy (non-hydrogen) atoms. The van der Waals surface area contributed by atoms with Crippen LogP contribution in [0.4, 0.5) is 13.2 Å². The summed E-state index contributed by atoms with van der Waals surface area (Å²) < 4.78 is 41.3. The van der Waals surface area contributed by atoms with E-state index in [-0.39, 0.29) is 24.9 Å². The fourth-order valence-electron chi connectivity index (χ4n) is 4.11. The predicted octanol–water partition coefficient (Wildman–Crippen LogP) is 4.21. The van der Waals surface area contributed by atoms with Crippen molar-refractivity contribution in [1.82, 2.24) is 10.4 Å². The van der Waals surface area contributed by atoms with Crippen molar-refractivity contribution in [1.29, 1.82) is 0 Å². The van der Waals surface area contributed by atoms with Crippen LogP contribution in [0.1, 0.15) is 48.0 Å². The molecule has 184 valence electrons. The number of carbonyl (C=O) groups is 2. The maximum absolute atomic E-state index is 13.8. The Morgan fingerprint density at radius 1 is 0.971 bits per heavy atom.